The number of hydrogen-bond donors (Lipinski definition) is 0. The van der Waals surface area contributed by atoms with Crippen LogP contribution in [0.4, 0.5) is 0 Å². The van der Waals surface area contributed by atoms with Gasteiger partial charge in [-0.2, -0.15) is 0 Å². The molecule has 4 aliphatic rings. The van der Waals surface area contributed by atoms with Crippen LogP contribution < -0.4 is 0 Å². The molecule has 6 heteroatoms. The molecule has 0 bridgehead atoms. The Morgan fingerprint density at radius 2 is 0.727 bits per heavy atom. The molecule has 6 nitrogen and oxygen atoms in total. The minimum absolute atomic E-state index is 0.101. The van der Waals surface area contributed by atoms with Gasteiger partial charge >= 0.3 is 23.9 Å². The smallest absolute Gasteiger partial charge is 0.317 e. The lowest BCUT2D eigenvalue weighted by Crippen LogP contribution is -2.21. The van der Waals surface area contributed by atoms with Gasteiger partial charge in [-0.3, -0.25) is 19.2 Å². The third-order valence-electron chi connectivity index (χ3n) is 5.15. The van der Waals surface area contributed by atoms with E-state index < -0.39 is 0 Å². The molecule has 0 amide bonds. The monoisotopic (exact) mass is 308 g/mol. The van der Waals surface area contributed by atoms with Crippen LogP contribution in [-0.4, -0.2) is 23.9 Å². The van der Waals surface area contributed by atoms with Crippen molar-refractivity contribution in [2.75, 3.05) is 0 Å². The fourth-order valence-electron chi connectivity index (χ4n) is 3.89. The number of ether oxygens (including phenoxy) is 2. The molecular weight excluding hydrogens is 288 g/mol. The van der Waals surface area contributed by atoms with Crippen molar-refractivity contribution in [1.29, 1.82) is 0 Å². The molecule has 2 saturated heterocycles. The third-order valence-corrected chi connectivity index (χ3v) is 5.15. The van der Waals surface area contributed by atoms with Crippen molar-refractivity contribution in [3.63, 3.8) is 0 Å². The number of carbonyl (C=O) groups excluding carboxylic acids is 4. The van der Waals surface area contributed by atoms with Crippen LogP contribution in [0.25, 0.3) is 0 Å². The maximum Gasteiger partial charge on any atom is 0.317 e. The maximum absolute atomic E-state index is 11.0. The molecule has 2 aliphatic carbocycles. The van der Waals surface area contributed by atoms with E-state index in [1.54, 1.807) is 0 Å². The number of hydrogen-bond acceptors (Lipinski definition) is 6. The first-order valence-corrected chi connectivity index (χ1v) is 8.09. The lowest BCUT2D eigenvalue weighted by atomic mass is 9.81. The summed E-state index contributed by atoms with van der Waals surface area (Å²) in [6.07, 6.45) is 7.61. The number of carbonyl (C=O) groups is 4. The van der Waals surface area contributed by atoms with Gasteiger partial charge in [-0.15, -0.1) is 0 Å². The van der Waals surface area contributed by atoms with E-state index in [0.29, 0.717) is 0 Å². The molecule has 0 aromatic carbocycles. The zero-order valence-corrected chi connectivity index (χ0v) is 12.4. The summed E-state index contributed by atoms with van der Waals surface area (Å²) in [6, 6.07) is 0. The fraction of sp³-hybridized carbons (Fsp3) is 0.750. The van der Waals surface area contributed by atoms with Gasteiger partial charge in [-0.05, 0) is 25.7 Å². The van der Waals surface area contributed by atoms with Gasteiger partial charge in [-0.25, -0.2) is 0 Å². The van der Waals surface area contributed by atoms with E-state index in [-0.39, 0.29) is 47.5 Å². The zero-order valence-electron chi connectivity index (χ0n) is 12.4. The molecule has 2 aliphatic heterocycles. The quantitative estimate of drug-likeness (QED) is 0.500. The van der Waals surface area contributed by atoms with Crippen LogP contribution in [0.2, 0.25) is 0 Å². The summed E-state index contributed by atoms with van der Waals surface area (Å²) < 4.78 is 9.06. The van der Waals surface area contributed by atoms with Crippen LogP contribution in [-0.2, 0) is 28.7 Å². The third kappa shape index (κ3) is 2.78. The van der Waals surface area contributed by atoms with E-state index in [1.807, 2.05) is 0 Å². The highest BCUT2D eigenvalue weighted by Gasteiger charge is 2.45. The predicted octanol–water partition coefficient (Wildman–Crippen LogP) is 1.75. The van der Waals surface area contributed by atoms with Gasteiger partial charge in [-0.1, -0.05) is 25.7 Å². The predicted molar refractivity (Wildman–Crippen MR) is 73.1 cm³/mol. The van der Waals surface area contributed by atoms with E-state index in [9.17, 15) is 19.2 Å². The van der Waals surface area contributed by atoms with Gasteiger partial charge < -0.3 is 9.47 Å². The van der Waals surface area contributed by atoms with E-state index >= 15 is 0 Å². The topological polar surface area (TPSA) is 86.7 Å². The molecule has 22 heavy (non-hydrogen) atoms. The molecule has 120 valence electrons. The van der Waals surface area contributed by atoms with Gasteiger partial charge in [0.15, 0.2) is 0 Å². The summed E-state index contributed by atoms with van der Waals surface area (Å²) in [5, 5.41) is 0. The van der Waals surface area contributed by atoms with Crippen LogP contribution in [0, 0.1) is 23.7 Å². The van der Waals surface area contributed by atoms with Gasteiger partial charge in [0, 0.05) is 0 Å². The number of esters is 4. The van der Waals surface area contributed by atoms with E-state index in [0.717, 1.165) is 51.4 Å². The molecule has 0 aromatic heterocycles. The fourth-order valence-corrected chi connectivity index (χ4v) is 3.89. The minimum atomic E-state index is -0.292. The average Bonchev–Trinajstić information content (AvgIpc) is 2.99. The molecule has 4 rings (SSSR count). The van der Waals surface area contributed by atoms with Crippen LogP contribution in [0.1, 0.15) is 51.4 Å². The van der Waals surface area contributed by atoms with E-state index in [1.165, 1.54) is 0 Å². The summed E-state index contributed by atoms with van der Waals surface area (Å²) in [4.78, 5) is 43.9. The van der Waals surface area contributed by atoms with Gasteiger partial charge in [0.05, 0.1) is 23.7 Å². The lowest BCUT2D eigenvalue weighted by molar-refractivity contribution is -0.155. The second-order valence-electron chi connectivity index (χ2n) is 6.48. The van der Waals surface area contributed by atoms with Crippen LogP contribution >= 0.6 is 0 Å². The highest BCUT2D eigenvalue weighted by molar-refractivity contribution is 5.97. The van der Waals surface area contributed by atoms with Crippen LogP contribution in [0.3, 0.4) is 0 Å². The number of rotatable bonds is 0. The first-order chi connectivity index (χ1) is 10.6. The Bertz CT molecular complexity index is 421. The molecule has 4 atom stereocenters. The van der Waals surface area contributed by atoms with Crippen molar-refractivity contribution in [2.45, 2.75) is 51.4 Å². The summed E-state index contributed by atoms with van der Waals surface area (Å²) in [6.45, 7) is 0. The molecule has 0 radical (unpaired) electrons. The Kier molecular flexibility index (Phi) is 4.27. The molecule has 4 fully saturated rings. The van der Waals surface area contributed by atoms with Gasteiger partial charge in [0.25, 0.3) is 0 Å². The highest BCUT2D eigenvalue weighted by atomic mass is 16.6. The van der Waals surface area contributed by atoms with Crippen molar-refractivity contribution in [3.05, 3.63) is 0 Å². The summed E-state index contributed by atoms with van der Waals surface area (Å²) in [5.41, 5.74) is 0. The van der Waals surface area contributed by atoms with E-state index in [2.05, 4.69) is 9.47 Å². The normalized spacial score (nSPS) is 36.7. The zero-order chi connectivity index (χ0) is 15.7. The molecule has 2 saturated carbocycles. The average molecular weight is 308 g/mol. The second kappa shape index (κ2) is 6.18. The molecule has 0 N–H and O–H groups in total. The number of fused-ring (bicyclic) bond motifs is 2. The van der Waals surface area contributed by atoms with Gasteiger partial charge in [0.2, 0.25) is 0 Å². The highest BCUT2D eigenvalue weighted by Crippen LogP contribution is 2.37. The van der Waals surface area contributed by atoms with Gasteiger partial charge in [0.1, 0.15) is 0 Å². The summed E-state index contributed by atoms with van der Waals surface area (Å²) in [5.74, 6) is -1.57. The van der Waals surface area contributed by atoms with Crippen molar-refractivity contribution >= 4 is 23.9 Å². The molecule has 0 aromatic rings. The molecule has 0 spiro atoms. The Morgan fingerprint density at radius 3 is 0.955 bits per heavy atom. The van der Waals surface area contributed by atoms with E-state index in [4.69, 9.17) is 0 Å². The van der Waals surface area contributed by atoms with Crippen molar-refractivity contribution in [3.8, 4) is 0 Å². The SMILES string of the molecule is O=C1OC(=O)C2CCCCC12.O=C1OC(=O)C2CCCCC12. The molecular formula is C16H20O6. The Morgan fingerprint density at radius 1 is 0.500 bits per heavy atom. The number of cyclic esters (lactones) is 4. The van der Waals surface area contributed by atoms with Crippen molar-refractivity contribution in [1.82, 2.24) is 0 Å². The second-order valence-corrected chi connectivity index (χ2v) is 6.48. The van der Waals surface area contributed by atoms with Crippen LogP contribution in [0.15, 0.2) is 0 Å². The lowest BCUT2D eigenvalue weighted by Gasteiger charge is -2.18. The molecule has 4 unspecified atom stereocenters. The first kappa shape index (κ1) is 15.2. The molecule has 2 heterocycles. The standard InChI is InChI=1S/2C8H10O3/c2*9-7-5-3-1-2-4-6(5)8(10)11-7/h2*5-6H,1-4H2. The Balaban J connectivity index is 0.000000131. The van der Waals surface area contributed by atoms with Crippen molar-refractivity contribution < 1.29 is 28.7 Å². The maximum atomic E-state index is 11.0. The first-order valence-electron chi connectivity index (χ1n) is 8.09. The van der Waals surface area contributed by atoms with Crippen molar-refractivity contribution in [2.24, 2.45) is 23.7 Å². The Hall–Kier alpha value is -1.72. The minimum Gasteiger partial charge on any atom is -0.393 e. The largest absolute Gasteiger partial charge is 0.393 e. The summed E-state index contributed by atoms with van der Waals surface area (Å²) in [7, 11) is 0. The van der Waals surface area contributed by atoms with Crippen LogP contribution in [0.5, 0.6) is 0 Å². The Labute approximate surface area is 128 Å². The summed E-state index contributed by atoms with van der Waals surface area (Å²) >= 11 is 0.